The molecule has 5 nitrogen and oxygen atoms in total. The van der Waals surface area contributed by atoms with Crippen LogP contribution in [0.15, 0.2) is 4.99 Å². The van der Waals surface area contributed by atoms with Gasteiger partial charge in [0.05, 0.1) is 0 Å². The van der Waals surface area contributed by atoms with Crippen molar-refractivity contribution in [2.45, 2.75) is 26.7 Å². The normalized spacial score (nSPS) is 15.8. The van der Waals surface area contributed by atoms with Crippen LogP contribution < -0.4 is 10.6 Å². The standard InChI is InChI=1S/C9H15N3O2/c1-6(2)4-3-5-10-9-11-7(13)8(14)12-9/h6H,3-5H2,1-2H3,(H2,10,11,12,13,14). The lowest BCUT2D eigenvalue weighted by atomic mass is 10.1. The highest BCUT2D eigenvalue weighted by Crippen LogP contribution is 2.02. The third-order valence-electron chi connectivity index (χ3n) is 1.88. The van der Waals surface area contributed by atoms with Gasteiger partial charge in [0.25, 0.3) is 0 Å². The Kier molecular flexibility index (Phi) is 3.62. The van der Waals surface area contributed by atoms with E-state index in [2.05, 4.69) is 29.5 Å². The summed E-state index contributed by atoms with van der Waals surface area (Å²) >= 11 is 0. The average Bonchev–Trinajstić information content (AvgIpc) is 2.40. The average molecular weight is 197 g/mol. The van der Waals surface area contributed by atoms with Gasteiger partial charge < -0.3 is 0 Å². The van der Waals surface area contributed by atoms with Crippen LogP contribution in [0.25, 0.3) is 0 Å². The number of amides is 2. The number of aliphatic imine (C=N–C) groups is 1. The second kappa shape index (κ2) is 4.74. The van der Waals surface area contributed by atoms with Gasteiger partial charge >= 0.3 is 11.8 Å². The van der Waals surface area contributed by atoms with Crippen LogP contribution >= 0.6 is 0 Å². The van der Waals surface area contributed by atoms with Crippen LogP contribution in [0.5, 0.6) is 0 Å². The molecule has 1 rings (SSSR count). The van der Waals surface area contributed by atoms with E-state index < -0.39 is 11.8 Å². The van der Waals surface area contributed by atoms with Crippen molar-refractivity contribution in [3.05, 3.63) is 0 Å². The zero-order valence-corrected chi connectivity index (χ0v) is 8.46. The van der Waals surface area contributed by atoms with E-state index in [-0.39, 0.29) is 5.96 Å². The maximum absolute atomic E-state index is 10.7. The molecule has 0 saturated carbocycles. The summed E-state index contributed by atoms with van der Waals surface area (Å²) in [5, 5.41) is 4.68. The molecule has 0 aliphatic carbocycles. The molecule has 1 saturated heterocycles. The van der Waals surface area contributed by atoms with Gasteiger partial charge in [-0.2, -0.15) is 0 Å². The first-order valence-corrected chi connectivity index (χ1v) is 4.76. The number of rotatable bonds is 4. The predicted molar refractivity (Wildman–Crippen MR) is 52.7 cm³/mol. The van der Waals surface area contributed by atoms with Crippen molar-refractivity contribution in [2.75, 3.05) is 6.54 Å². The van der Waals surface area contributed by atoms with Crippen LogP contribution in [-0.2, 0) is 9.59 Å². The van der Waals surface area contributed by atoms with E-state index in [9.17, 15) is 9.59 Å². The first-order chi connectivity index (χ1) is 6.59. The lowest BCUT2D eigenvalue weighted by Gasteiger charge is -2.01. The Hall–Kier alpha value is -1.39. The molecule has 0 aromatic carbocycles. The molecule has 0 aromatic heterocycles. The second-order valence-corrected chi connectivity index (χ2v) is 3.67. The molecular weight excluding hydrogens is 182 g/mol. The van der Waals surface area contributed by atoms with Gasteiger partial charge in [-0.05, 0) is 18.8 Å². The number of hydrogen-bond acceptors (Lipinski definition) is 3. The van der Waals surface area contributed by atoms with E-state index >= 15 is 0 Å². The van der Waals surface area contributed by atoms with Crippen LogP contribution in [-0.4, -0.2) is 24.3 Å². The number of guanidine groups is 1. The molecule has 14 heavy (non-hydrogen) atoms. The smallest absolute Gasteiger partial charge is 0.288 e. The molecule has 0 atom stereocenters. The zero-order valence-electron chi connectivity index (χ0n) is 8.46. The van der Waals surface area contributed by atoms with Gasteiger partial charge in [-0.25, -0.2) is 0 Å². The van der Waals surface area contributed by atoms with Gasteiger partial charge in [0.1, 0.15) is 0 Å². The summed E-state index contributed by atoms with van der Waals surface area (Å²) in [5.74, 6) is -0.327. The Morgan fingerprint density at radius 1 is 1.21 bits per heavy atom. The monoisotopic (exact) mass is 197 g/mol. The molecule has 2 N–H and O–H groups in total. The minimum Gasteiger partial charge on any atom is -0.288 e. The summed E-state index contributed by atoms with van der Waals surface area (Å²) in [6.07, 6.45) is 2.06. The summed E-state index contributed by atoms with van der Waals surface area (Å²) in [7, 11) is 0. The number of carbonyl (C=O) groups excluding carboxylic acids is 2. The highest BCUT2D eigenvalue weighted by molar-refractivity contribution is 6.45. The SMILES string of the molecule is CC(C)CCCN=C1NC(=O)C(=O)N1. The summed E-state index contributed by atoms with van der Waals surface area (Å²) in [6, 6.07) is 0. The van der Waals surface area contributed by atoms with Crippen molar-refractivity contribution in [2.24, 2.45) is 10.9 Å². The summed E-state index contributed by atoms with van der Waals surface area (Å²) in [6.45, 7) is 4.92. The summed E-state index contributed by atoms with van der Waals surface area (Å²) < 4.78 is 0. The van der Waals surface area contributed by atoms with Crippen LogP contribution in [0, 0.1) is 5.92 Å². The third kappa shape index (κ3) is 3.16. The van der Waals surface area contributed by atoms with Gasteiger partial charge in [0.2, 0.25) is 5.96 Å². The van der Waals surface area contributed by atoms with Crippen LogP contribution in [0.4, 0.5) is 0 Å². The minimum atomic E-state index is -0.632. The number of carbonyl (C=O) groups is 2. The van der Waals surface area contributed by atoms with Crippen molar-refractivity contribution in [3.8, 4) is 0 Å². The highest BCUT2D eigenvalue weighted by Gasteiger charge is 2.24. The Bertz CT molecular complexity index is 253. The molecular formula is C9H15N3O2. The second-order valence-electron chi connectivity index (χ2n) is 3.67. The van der Waals surface area contributed by atoms with Crippen molar-refractivity contribution >= 4 is 17.8 Å². The molecule has 1 heterocycles. The van der Waals surface area contributed by atoms with Crippen LogP contribution in [0.2, 0.25) is 0 Å². The fourth-order valence-electron chi connectivity index (χ4n) is 1.13. The van der Waals surface area contributed by atoms with E-state index in [4.69, 9.17) is 0 Å². The Labute approximate surface area is 83.0 Å². The van der Waals surface area contributed by atoms with Gasteiger partial charge in [-0.3, -0.25) is 25.2 Å². The number of nitrogens with one attached hydrogen (secondary N) is 2. The Morgan fingerprint density at radius 3 is 2.29 bits per heavy atom. The minimum absolute atomic E-state index is 0.281. The highest BCUT2D eigenvalue weighted by atomic mass is 16.2. The van der Waals surface area contributed by atoms with E-state index in [1.807, 2.05) is 0 Å². The summed E-state index contributed by atoms with van der Waals surface area (Å²) in [4.78, 5) is 25.5. The maximum Gasteiger partial charge on any atom is 0.316 e. The molecule has 0 radical (unpaired) electrons. The summed E-state index contributed by atoms with van der Waals surface area (Å²) in [5.41, 5.74) is 0. The number of nitrogens with zero attached hydrogens (tertiary/aromatic N) is 1. The van der Waals surface area contributed by atoms with Gasteiger partial charge in [-0.15, -0.1) is 0 Å². The fraction of sp³-hybridized carbons (Fsp3) is 0.667. The van der Waals surface area contributed by atoms with Crippen molar-refractivity contribution in [1.29, 1.82) is 0 Å². The molecule has 0 aromatic rings. The van der Waals surface area contributed by atoms with E-state index in [1.165, 1.54) is 0 Å². The molecule has 0 spiro atoms. The fourth-order valence-corrected chi connectivity index (χ4v) is 1.13. The zero-order chi connectivity index (χ0) is 10.6. The lowest BCUT2D eigenvalue weighted by molar-refractivity contribution is -0.135. The molecule has 0 bridgehead atoms. The maximum atomic E-state index is 10.7. The number of hydrogen-bond donors (Lipinski definition) is 2. The van der Waals surface area contributed by atoms with E-state index in [0.29, 0.717) is 12.5 Å². The topological polar surface area (TPSA) is 70.6 Å². The first kappa shape index (κ1) is 10.7. The van der Waals surface area contributed by atoms with Crippen LogP contribution in [0.3, 0.4) is 0 Å². The van der Waals surface area contributed by atoms with Gasteiger partial charge in [0.15, 0.2) is 0 Å². The van der Waals surface area contributed by atoms with E-state index in [1.54, 1.807) is 0 Å². The largest absolute Gasteiger partial charge is 0.316 e. The first-order valence-electron chi connectivity index (χ1n) is 4.76. The Balaban J connectivity index is 2.26. The molecule has 5 heteroatoms. The Morgan fingerprint density at radius 2 is 1.79 bits per heavy atom. The van der Waals surface area contributed by atoms with Crippen molar-refractivity contribution in [3.63, 3.8) is 0 Å². The molecule has 1 fully saturated rings. The molecule has 0 unspecified atom stereocenters. The molecule has 2 amide bonds. The quantitative estimate of drug-likeness (QED) is 0.493. The van der Waals surface area contributed by atoms with Crippen molar-refractivity contribution < 1.29 is 9.59 Å². The van der Waals surface area contributed by atoms with Gasteiger partial charge in [-0.1, -0.05) is 13.8 Å². The third-order valence-corrected chi connectivity index (χ3v) is 1.88. The van der Waals surface area contributed by atoms with Crippen molar-refractivity contribution in [1.82, 2.24) is 10.6 Å². The lowest BCUT2D eigenvalue weighted by Crippen LogP contribution is -2.25. The van der Waals surface area contributed by atoms with Crippen LogP contribution in [0.1, 0.15) is 26.7 Å². The molecule has 1 aliphatic heterocycles. The van der Waals surface area contributed by atoms with Gasteiger partial charge in [0, 0.05) is 6.54 Å². The van der Waals surface area contributed by atoms with E-state index in [0.717, 1.165) is 12.8 Å². The predicted octanol–water partition coefficient (Wildman–Crippen LogP) is 0.0246. The molecule has 1 aliphatic rings. The molecule has 78 valence electrons.